The molecule has 1 saturated heterocycles. The Morgan fingerprint density at radius 2 is 2.14 bits per heavy atom. The van der Waals surface area contributed by atoms with E-state index in [1.165, 1.54) is 0 Å². The molecule has 0 radical (unpaired) electrons. The van der Waals surface area contributed by atoms with Crippen LogP contribution in [0.15, 0.2) is 24.3 Å². The molecule has 1 atom stereocenters. The standard InChI is InChI=1S/C16H22N4O/c1-16(2,3)19-14(21)11-8-9-20(10-11)15-17-12-6-4-5-7-13(12)18-15/h4-7,11H,8-10H2,1-3H3,(H,17,18)(H,19,21). The first-order valence-electron chi connectivity index (χ1n) is 7.44. The summed E-state index contributed by atoms with van der Waals surface area (Å²) >= 11 is 0. The van der Waals surface area contributed by atoms with E-state index in [1.54, 1.807) is 0 Å². The SMILES string of the molecule is CC(C)(C)NC(=O)C1CCN(c2nc3ccccc3[nH]2)C1. The molecule has 1 aliphatic heterocycles. The van der Waals surface area contributed by atoms with Crippen LogP contribution >= 0.6 is 0 Å². The monoisotopic (exact) mass is 286 g/mol. The lowest BCUT2D eigenvalue weighted by atomic mass is 10.0. The highest BCUT2D eigenvalue weighted by Crippen LogP contribution is 2.24. The van der Waals surface area contributed by atoms with Crippen LogP contribution < -0.4 is 10.2 Å². The number of rotatable bonds is 2. The van der Waals surface area contributed by atoms with Crippen LogP contribution in [0, 0.1) is 5.92 Å². The smallest absolute Gasteiger partial charge is 0.225 e. The maximum Gasteiger partial charge on any atom is 0.225 e. The second-order valence-corrected chi connectivity index (χ2v) is 6.75. The Labute approximate surface area is 124 Å². The van der Waals surface area contributed by atoms with Crippen molar-refractivity contribution in [3.63, 3.8) is 0 Å². The number of aromatic nitrogens is 2. The highest BCUT2D eigenvalue weighted by molar-refractivity contribution is 5.81. The zero-order valence-electron chi connectivity index (χ0n) is 12.8. The fraction of sp³-hybridized carbons (Fsp3) is 0.500. The topological polar surface area (TPSA) is 61.0 Å². The van der Waals surface area contributed by atoms with E-state index in [2.05, 4.69) is 20.2 Å². The van der Waals surface area contributed by atoms with Crippen LogP contribution in [-0.2, 0) is 4.79 Å². The maximum atomic E-state index is 12.2. The predicted octanol–water partition coefficient (Wildman–Crippen LogP) is 2.30. The first kappa shape index (κ1) is 13.9. The molecule has 5 heteroatoms. The number of amides is 1. The van der Waals surface area contributed by atoms with Crippen molar-refractivity contribution in [2.24, 2.45) is 5.92 Å². The Morgan fingerprint density at radius 3 is 2.86 bits per heavy atom. The van der Waals surface area contributed by atoms with Crippen molar-refractivity contribution in [3.05, 3.63) is 24.3 Å². The molecule has 1 aromatic heterocycles. The fourth-order valence-corrected chi connectivity index (χ4v) is 2.73. The van der Waals surface area contributed by atoms with E-state index in [-0.39, 0.29) is 17.4 Å². The molecule has 5 nitrogen and oxygen atoms in total. The van der Waals surface area contributed by atoms with Crippen LogP contribution in [0.3, 0.4) is 0 Å². The summed E-state index contributed by atoms with van der Waals surface area (Å²) in [5.41, 5.74) is 1.83. The van der Waals surface area contributed by atoms with Gasteiger partial charge in [0.1, 0.15) is 0 Å². The third-order valence-electron chi connectivity index (χ3n) is 3.73. The van der Waals surface area contributed by atoms with E-state index >= 15 is 0 Å². The van der Waals surface area contributed by atoms with Gasteiger partial charge < -0.3 is 15.2 Å². The van der Waals surface area contributed by atoms with Crippen molar-refractivity contribution < 1.29 is 4.79 Å². The Kier molecular flexibility index (Phi) is 3.35. The van der Waals surface area contributed by atoms with Gasteiger partial charge in [-0.1, -0.05) is 12.1 Å². The van der Waals surface area contributed by atoms with E-state index in [4.69, 9.17) is 0 Å². The Balaban J connectivity index is 1.70. The molecular weight excluding hydrogens is 264 g/mol. The minimum Gasteiger partial charge on any atom is -0.351 e. The number of fused-ring (bicyclic) bond motifs is 1. The van der Waals surface area contributed by atoms with Crippen molar-refractivity contribution in [1.82, 2.24) is 15.3 Å². The molecule has 1 unspecified atom stereocenters. The lowest BCUT2D eigenvalue weighted by Crippen LogP contribution is -2.44. The van der Waals surface area contributed by atoms with E-state index in [0.29, 0.717) is 0 Å². The van der Waals surface area contributed by atoms with Gasteiger partial charge in [0.2, 0.25) is 11.9 Å². The number of nitrogens with zero attached hydrogens (tertiary/aromatic N) is 2. The van der Waals surface area contributed by atoms with Crippen molar-refractivity contribution in [2.75, 3.05) is 18.0 Å². The Hall–Kier alpha value is -2.04. The zero-order chi connectivity index (χ0) is 15.0. The second-order valence-electron chi connectivity index (χ2n) is 6.75. The largest absolute Gasteiger partial charge is 0.351 e. The summed E-state index contributed by atoms with van der Waals surface area (Å²) in [7, 11) is 0. The number of carbonyl (C=O) groups is 1. The normalized spacial score (nSPS) is 19.2. The second kappa shape index (κ2) is 5.06. The third-order valence-corrected chi connectivity index (χ3v) is 3.73. The number of nitrogens with one attached hydrogen (secondary N) is 2. The summed E-state index contributed by atoms with van der Waals surface area (Å²) in [5, 5.41) is 3.06. The number of benzene rings is 1. The number of para-hydroxylation sites is 2. The first-order valence-corrected chi connectivity index (χ1v) is 7.44. The first-order chi connectivity index (χ1) is 9.92. The van der Waals surface area contributed by atoms with Gasteiger partial charge >= 0.3 is 0 Å². The lowest BCUT2D eigenvalue weighted by molar-refractivity contribution is -0.125. The van der Waals surface area contributed by atoms with Crippen molar-refractivity contribution >= 4 is 22.9 Å². The Bertz CT molecular complexity index is 623. The van der Waals surface area contributed by atoms with Gasteiger partial charge in [-0.25, -0.2) is 4.98 Å². The lowest BCUT2D eigenvalue weighted by Gasteiger charge is -2.23. The maximum absolute atomic E-state index is 12.2. The van der Waals surface area contributed by atoms with Crippen LogP contribution in [0.2, 0.25) is 0 Å². The summed E-state index contributed by atoms with van der Waals surface area (Å²) < 4.78 is 0. The van der Waals surface area contributed by atoms with Crippen LogP contribution in [0.5, 0.6) is 0 Å². The average molecular weight is 286 g/mol. The number of carbonyl (C=O) groups excluding carboxylic acids is 1. The van der Waals surface area contributed by atoms with E-state index in [1.807, 2.05) is 45.0 Å². The molecule has 1 aromatic carbocycles. The summed E-state index contributed by atoms with van der Waals surface area (Å²) in [4.78, 5) is 22.3. The minimum absolute atomic E-state index is 0.0393. The van der Waals surface area contributed by atoms with Gasteiger partial charge in [-0.2, -0.15) is 0 Å². The van der Waals surface area contributed by atoms with E-state index < -0.39 is 0 Å². The summed E-state index contributed by atoms with van der Waals surface area (Å²) in [6.07, 6.45) is 0.874. The number of H-pyrrole nitrogens is 1. The van der Waals surface area contributed by atoms with Crippen molar-refractivity contribution in [1.29, 1.82) is 0 Å². The molecule has 0 saturated carbocycles. The van der Waals surface area contributed by atoms with Crippen LogP contribution in [-0.4, -0.2) is 34.5 Å². The van der Waals surface area contributed by atoms with Crippen molar-refractivity contribution in [2.45, 2.75) is 32.7 Å². The highest BCUT2D eigenvalue weighted by atomic mass is 16.2. The van der Waals surface area contributed by atoms with Crippen LogP contribution in [0.1, 0.15) is 27.2 Å². The number of imidazole rings is 1. The molecular formula is C16H22N4O. The van der Waals surface area contributed by atoms with Gasteiger partial charge in [0.25, 0.3) is 0 Å². The molecule has 1 fully saturated rings. The minimum atomic E-state index is -0.177. The summed E-state index contributed by atoms with van der Waals surface area (Å²) in [6.45, 7) is 7.62. The number of aromatic amines is 1. The van der Waals surface area contributed by atoms with Crippen LogP contribution in [0.4, 0.5) is 5.95 Å². The highest BCUT2D eigenvalue weighted by Gasteiger charge is 2.31. The molecule has 21 heavy (non-hydrogen) atoms. The predicted molar refractivity (Wildman–Crippen MR) is 84.3 cm³/mol. The van der Waals surface area contributed by atoms with Gasteiger partial charge in [-0.3, -0.25) is 4.79 Å². The number of hydrogen-bond acceptors (Lipinski definition) is 3. The van der Waals surface area contributed by atoms with Gasteiger partial charge in [0, 0.05) is 18.6 Å². The molecule has 1 amide bonds. The molecule has 2 aromatic rings. The van der Waals surface area contributed by atoms with E-state index in [0.717, 1.165) is 36.5 Å². The number of hydrogen-bond donors (Lipinski definition) is 2. The quantitative estimate of drug-likeness (QED) is 0.890. The zero-order valence-corrected chi connectivity index (χ0v) is 12.8. The van der Waals surface area contributed by atoms with E-state index in [9.17, 15) is 4.79 Å². The molecule has 112 valence electrons. The van der Waals surface area contributed by atoms with Crippen LogP contribution in [0.25, 0.3) is 11.0 Å². The Morgan fingerprint density at radius 1 is 1.38 bits per heavy atom. The molecule has 1 aliphatic rings. The van der Waals surface area contributed by atoms with Crippen molar-refractivity contribution in [3.8, 4) is 0 Å². The number of anilines is 1. The molecule has 0 spiro atoms. The molecule has 0 aliphatic carbocycles. The van der Waals surface area contributed by atoms with Gasteiger partial charge in [-0.05, 0) is 39.3 Å². The fourth-order valence-electron chi connectivity index (χ4n) is 2.73. The third kappa shape index (κ3) is 3.01. The summed E-state index contributed by atoms with van der Waals surface area (Å²) in [6, 6.07) is 7.99. The molecule has 2 N–H and O–H groups in total. The molecule has 3 rings (SSSR count). The molecule has 0 bridgehead atoms. The van der Waals surface area contributed by atoms with Gasteiger partial charge in [0.05, 0.1) is 17.0 Å². The molecule has 2 heterocycles. The average Bonchev–Trinajstić information content (AvgIpc) is 3.03. The van der Waals surface area contributed by atoms with Gasteiger partial charge in [0.15, 0.2) is 0 Å². The van der Waals surface area contributed by atoms with Gasteiger partial charge in [-0.15, -0.1) is 0 Å². The summed E-state index contributed by atoms with van der Waals surface area (Å²) in [5.74, 6) is 1.04.